The number of carbonyl (C=O) groups excluding carboxylic acids is 2. The second-order valence-corrected chi connectivity index (χ2v) is 7.03. The number of piperidine rings is 1. The van der Waals surface area contributed by atoms with Gasteiger partial charge < -0.3 is 19.9 Å². The van der Waals surface area contributed by atoms with Crippen molar-refractivity contribution in [1.29, 1.82) is 0 Å². The van der Waals surface area contributed by atoms with Crippen LogP contribution in [0.15, 0.2) is 24.3 Å². The molecule has 1 aromatic rings. The summed E-state index contributed by atoms with van der Waals surface area (Å²) in [5.41, 5.74) is 1.17. The third kappa shape index (κ3) is 6.45. The summed E-state index contributed by atoms with van der Waals surface area (Å²) in [6.45, 7) is 9.97. The van der Waals surface area contributed by atoms with E-state index in [0.29, 0.717) is 26.2 Å². The minimum absolute atomic E-state index is 0.00319. The maximum absolute atomic E-state index is 12.4. The lowest BCUT2D eigenvalue weighted by atomic mass is 9.96. The summed E-state index contributed by atoms with van der Waals surface area (Å²) < 4.78 is 5.70. The molecule has 6 heteroatoms. The SMILES string of the molecule is CCN(CC)C(=O)N1CCC(C(=O)NCCCOc2cccc(C)c2)CC1. The number of nitrogens with one attached hydrogen (secondary N) is 1. The smallest absolute Gasteiger partial charge is 0.319 e. The van der Waals surface area contributed by atoms with Gasteiger partial charge in [0.2, 0.25) is 5.91 Å². The molecule has 0 aromatic heterocycles. The van der Waals surface area contributed by atoms with Crippen LogP contribution in [0.3, 0.4) is 0 Å². The van der Waals surface area contributed by atoms with Crippen LogP contribution in [0.1, 0.15) is 38.7 Å². The van der Waals surface area contributed by atoms with Crippen molar-refractivity contribution < 1.29 is 14.3 Å². The maximum atomic E-state index is 12.4. The Balaban J connectivity index is 1.62. The normalized spacial score (nSPS) is 14.7. The first-order valence-electron chi connectivity index (χ1n) is 10.1. The number of hydrogen-bond acceptors (Lipinski definition) is 3. The van der Waals surface area contributed by atoms with Crippen molar-refractivity contribution >= 4 is 11.9 Å². The number of aryl methyl sites for hydroxylation is 1. The van der Waals surface area contributed by atoms with Gasteiger partial charge in [0.25, 0.3) is 0 Å². The van der Waals surface area contributed by atoms with E-state index < -0.39 is 0 Å². The summed E-state index contributed by atoms with van der Waals surface area (Å²) in [5.74, 6) is 0.968. The predicted molar refractivity (Wildman–Crippen MR) is 107 cm³/mol. The number of nitrogens with zero attached hydrogens (tertiary/aromatic N) is 2. The van der Waals surface area contributed by atoms with Gasteiger partial charge in [-0.25, -0.2) is 4.79 Å². The quantitative estimate of drug-likeness (QED) is 0.711. The highest BCUT2D eigenvalue weighted by Crippen LogP contribution is 2.18. The van der Waals surface area contributed by atoms with E-state index in [1.807, 2.05) is 54.8 Å². The van der Waals surface area contributed by atoms with Crippen LogP contribution in [0.2, 0.25) is 0 Å². The molecule has 0 atom stereocenters. The molecule has 6 nitrogen and oxygen atoms in total. The molecule has 2 rings (SSSR count). The van der Waals surface area contributed by atoms with Gasteiger partial charge >= 0.3 is 6.03 Å². The molecular formula is C21H33N3O3. The van der Waals surface area contributed by atoms with Gasteiger partial charge in [0.05, 0.1) is 6.61 Å². The predicted octanol–water partition coefficient (Wildman–Crippen LogP) is 3.05. The van der Waals surface area contributed by atoms with E-state index in [4.69, 9.17) is 4.74 Å². The molecular weight excluding hydrogens is 342 g/mol. The van der Waals surface area contributed by atoms with Crippen LogP contribution in [0, 0.1) is 12.8 Å². The Morgan fingerprint density at radius 2 is 1.93 bits per heavy atom. The van der Waals surface area contributed by atoms with Gasteiger partial charge in [0, 0.05) is 38.6 Å². The number of carbonyl (C=O) groups is 2. The molecule has 0 spiro atoms. The van der Waals surface area contributed by atoms with Crippen LogP contribution in [0.25, 0.3) is 0 Å². The lowest BCUT2D eigenvalue weighted by Gasteiger charge is -2.34. The molecule has 1 saturated heterocycles. The Morgan fingerprint density at radius 1 is 1.22 bits per heavy atom. The van der Waals surface area contributed by atoms with Crippen molar-refractivity contribution in [2.24, 2.45) is 5.92 Å². The van der Waals surface area contributed by atoms with Gasteiger partial charge in [-0.1, -0.05) is 12.1 Å². The summed E-state index contributed by atoms with van der Waals surface area (Å²) in [4.78, 5) is 28.4. The summed E-state index contributed by atoms with van der Waals surface area (Å²) in [6, 6.07) is 8.05. The molecule has 1 aromatic carbocycles. The van der Waals surface area contributed by atoms with Crippen LogP contribution in [-0.2, 0) is 4.79 Å². The lowest BCUT2D eigenvalue weighted by Crippen LogP contribution is -2.48. The van der Waals surface area contributed by atoms with E-state index in [1.165, 1.54) is 5.56 Å². The Labute approximate surface area is 162 Å². The molecule has 27 heavy (non-hydrogen) atoms. The van der Waals surface area contributed by atoms with Gasteiger partial charge in [-0.05, 0) is 57.7 Å². The lowest BCUT2D eigenvalue weighted by molar-refractivity contribution is -0.126. The van der Waals surface area contributed by atoms with Crippen molar-refractivity contribution in [1.82, 2.24) is 15.1 Å². The van der Waals surface area contributed by atoms with Crippen LogP contribution >= 0.6 is 0 Å². The third-order valence-corrected chi connectivity index (χ3v) is 5.05. The fraction of sp³-hybridized carbons (Fsp3) is 0.619. The zero-order chi connectivity index (χ0) is 19.6. The largest absolute Gasteiger partial charge is 0.494 e. The van der Waals surface area contributed by atoms with E-state index in [-0.39, 0.29) is 17.9 Å². The molecule has 0 unspecified atom stereocenters. The van der Waals surface area contributed by atoms with Crippen molar-refractivity contribution in [2.75, 3.05) is 39.3 Å². The van der Waals surface area contributed by atoms with Gasteiger partial charge in [-0.2, -0.15) is 0 Å². The molecule has 0 bridgehead atoms. The number of benzene rings is 1. The molecule has 1 aliphatic heterocycles. The third-order valence-electron chi connectivity index (χ3n) is 5.05. The zero-order valence-electron chi connectivity index (χ0n) is 16.9. The topological polar surface area (TPSA) is 61.9 Å². The number of ether oxygens (including phenoxy) is 1. The highest BCUT2D eigenvalue weighted by Gasteiger charge is 2.28. The monoisotopic (exact) mass is 375 g/mol. The van der Waals surface area contributed by atoms with Crippen molar-refractivity contribution in [3.8, 4) is 5.75 Å². The fourth-order valence-corrected chi connectivity index (χ4v) is 3.35. The van der Waals surface area contributed by atoms with Crippen molar-refractivity contribution in [3.63, 3.8) is 0 Å². The first kappa shape index (κ1) is 21.1. The number of hydrogen-bond donors (Lipinski definition) is 1. The molecule has 0 radical (unpaired) electrons. The molecule has 1 heterocycles. The van der Waals surface area contributed by atoms with Crippen LogP contribution in [-0.4, -0.2) is 61.1 Å². The molecule has 3 amide bonds. The van der Waals surface area contributed by atoms with E-state index >= 15 is 0 Å². The van der Waals surface area contributed by atoms with Gasteiger partial charge in [0.1, 0.15) is 5.75 Å². The summed E-state index contributed by atoms with van der Waals surface area (Å²) in [6.07, 6.45) is 2.25. The molecule has 1 N–H and O–H groups in total. The number of rotatable bonds is 8. The first-order valence-corrected chi connectivity index (χ1v) is 10.1. The van der Waals surface area contributed by atoms with Crippen LogP contribution in [0.4, 0.5) is 4.79 Å². The van der Waals surface area contributed by atoms with E-state index in [9.17, 15) is 9.59 Å². The molecule has 1 fully saturated rings. The van der Waals surface area contributed by atoms with Crippen molar-refractivity contribution in [2.45, 2.75) is 40.0 Å². The second-order valence-electron chi connectivity index (χ2n) is 7.03. The molecule has 0 aliphatic carbocycles. The Morgan fingerprint density at radius 3 is 2.56 bits per heavy atom. The van der Waals surface area contributed by atoms with Gasteiger partial charge in [-0.3, -0.25) is 4.79 Å². The Bertz CT molecular complexity index is 608. The van der Waals surface area contributed by atoms with Gasteiger partial charge in [-0.15, -0.1) is 0 Å². The second kappa shape index (κ2) is 10.8. The van der Waals surface area contributed by atoms with E-state index in [1.54, 1.807) is 0 Å². The summed E-state index contributed by atoms with van der Waals surface area (Å²) in [5, 5.41) is 3.01. The van der Waals surface area contributed by atoms with E-state index in [0.717, 1.165) is 38.1 Å². The molecule has 1 aliphatic rings. The standard InChI is InChI=1S/C21H33N3O3/c1-4-23(5-2)21(26)24-13-10-18(11-14-24)20(25)22-12-7-15-27-19-9-6-8-17(3)16-19/h6,8-9,16,18H,4-5,7,10-15H2,1-3H3,(H,22,25). The Hall–Kier alpha value is -2.24. The highest BCUT2D eigenvalue weighted by atomic mass is 16.5. The first-order chi connectivity index (χ1) is 13.0. The van der Waals surface area contributed by atoms with Crippen molar-refractivity contribution in [3.05, 3.63) is 29.8 Å². The minimum atomic E-state index is 0.00319. The van der Waals surface area contributed by atoms with Gasteiger partial charge in [0.15, 0.2) is 0 Å². The Kier molecular flexibility index (Phi) is 8.43. The number of amides is 3. The average Bonchev–Trinajstić information content (AvgIpc) is 2.68. The number of likely N-dealkylation sites (tertiary alicyclic amines) is 1. The minimum Gasteiger partial charge on any atom is -0.494 e. The van der Waals surface area contributed by atoms with E-state index in [2.05, 4.69) is 5.32 Å². The highest BCUT2D eigenvalue weighted by molar-refractivity contribution is 5.79. The fourth-order valence-electron chi connectivity index (χ4n) is 3.35. The molecule has 0 saturated carbocycles. The summed E-state index contributed by atoms with van der Waals surface area (Å²) >= 11 is 0. The van der Waals surface area contributed by atoms with Crippen LogP contribution < -0.4 is 10.1 Å². The maximum Gasteiger partial charge on any atom is 0.319 e. The zero-order valence-corrected chi connectivity index (χ0v) is 16.9. The summed E-state index contributed by atoms with van der Waals surface area (Å²) in [7, 11) is 0. The average molecular weight is 376 g/mol. The molecule has 150 valence electrons. The number of urea groups is 1. The van der Waals surface area contributed by atoms with Crippen LogP contribution in [0.5, 0.6) is 5.75 Å².